The number of fused-ring (bicyclic) bond motifs is 2. The van der Waals surface area contributed by atoms with Crippen molar-refractivity contribution in [3.05, 3.63) is 35.8 Å². The molecule has 2 N–H and O–H groups in total. The van der Waals surface area contributed by atoms with Crippen molar-refractivity contribution in [1.29, 1.82) is 0 Å². The van der Waals surface area contributed by atoms with Crippen molar-refractivity contribution in [2.75, 3.05) is 32.7 Å². The third kappa shape index (κ3) is 4.31. The van der Waals surface area contributed by atoms with E-state index in [9.17, 15) is 9.18 Å². The highest BCUT2D eigenvalue weighted by molar-refractivity contribution is 5.84. The smallest absolute Gasteiger partial charge is 0.410 e. The summed E-state index contributed by atoms with van der Waals surface area (Å²) in [7, 11) is 0. The summed E-state index contributed by atoms with van der Waals surface area (Å²) in [6.45, 7) is 9.04. The number of guanidine groups is 1. The summed E-state index contributed by atoms with van der Waals surface area (Å²) in [4.78, 5) is 24.1. The molecule has 1 atom stereocenters. The van der Waals surface area contributed by atoms with Gasteiger partial charge in [-0.05, 0) is 51.0 Å². The number of carbonyl (C=O) groups is 1. The van der Waals surface area contributed by atoms with Crippen molar-refractivity contribution < 1.29 is 13.9 Å². The van der Waals surface area contributed by atoms with Gasteiger partial charge in [-0.15, -0.1) is 0 Å². The number of hydrogen-bond donors (Lipinski definition) is 2. The average molecular weight is 401 g/mol. The van der Waals surface area contributed by atoms with E-state index >= 15 is 0 Å². The zero-order valence-electron chi connectivity index (χ0n) is 17.2. The van der Waals surface area contributed by atoms with E-state index in [4.69, 9.17) is 4.74 Å². The van der Waals surface area contributed by atoms with E-state index in [1.165, 1.54) is 12.1 Å². The van der Waals surface area contributed by atoms with Crippen molar-refractivity contribution in [1.82, 2.24) is 20.1 Å². The van der Waals surface area contributed by atoms with Crippen LogP contribution in [0, 0.1) is 5.82 Å². The minimum Gasteiger partial charge on any atom is -0.444 e. The van der Waals surface area contributed by atoms with Gasteiger partial charge < -0.3 is 24.8 Å². The second-order valence-corrected chi connectivity index (χ2v) is 8.62. The number of aromatic amines is 1. The number of aliphatic imine (C=N–C) groups is 1. The normalized spacial score (nSPS) is 19.3. The van der Waals surface area contributed by atoms with Crippen LogP contribution in [0.4, 0.5) is 9.18 Å². The Morgan fingerprint density at radius 1 is 1.38 bits per heavy atom. The Balaban J connectivity index is 1.29. The molecule has 1 amide bonds. The molecule has 1 unspecified atom stereocenters. The molecule has 3 heterocycles. The second-order valence-electron chi connectivity index (χ2n) is 8.62. The fraction of sp³-hybridized carbons (Fsp3) is 0.524. The van der Waals surface area contributed by atoms with Crippen LogP contribution in [0.2, 0.25) is 0 Å². The molecule has 156 valence electrons. The SMILES string of the molecule is CC(C)(C)OC(=O)N1CCN2C(NCCc3c[nH]c4cc(F)ccc34)=NCC2C1. The molecule has 0 spiro atoms. The quantitative estimate of drug-likeness (QED) is 0.830. The average Bonchev–Trinajstić information content (AvgIpc) is 3.24. The first-order valence-electron chi connectivity index (χ1n) is 10.1. The molecule has 1 aromatic carbocycles. The van der Waals surface area contributed by atoms with Crippen molar-refractivity contribution >= 4 is 23.0 Å². The van der Waals surface area contributed by atoms with Gasteiger partial charge in [0.15, 0.2) is 5.96 Å². The fourth-order valence-corrected chi connectivity index (χ4v) is 3.90. The molecule has 0 radical (unpaired) electrons. The summed E-state index contributed by atoms with van der Waals surface area (Å²) in [5.74, 6) is 0.658. The van der Waals surface area contributed by atoms with Crippen molar-refractivity contribution in [3.8, 4) is 0 Å². The number of amides is 1. The number of rotatable bonds is 3. The van der Waals surface area contributed by atoms with E-state index in [0.717, 1.165) is 41.9 Å². The molecule has 7 nitrogen and oxygen atoms in total. The van der Waals surface area contributed by atoms with Crippen molar-refractivity contribution in [2.45, 2.75) is 38.8 Å². The number of ether oxygens (including phenoxy) is 1. The molecule has 1 aromatic heterocycles. The topological polar surface area (TPSA) is 73.0 Å². The lowest BCUT2D eigenvalue weighted by atomic mass is 10.1. The number of aromatic nitrogens is 1. The molecule has 0 aliphatic carbocycles. The van der Waals surface area contributed by atoms with Crippen LogP contribution in [0.5, 0.6) is 0 Å². The van der Waals surface area contributed by atoms with Gasteiger partial charge in [0.2, 0.25) is 0 Å². The van der Waals surface area contributed by atoms with Gasteiger partial charge >= 0.3 is 6.09 Å². The third-order valence-corrected chi connectivity index (χ3v) is 5.27. The highest BCUT2D eigenvalue weighted by Gasteiger charge is 2.36. The van der Waals surface area contributed by atoms with Crippen LogP contribution >= 0.6 is 0 Å². The number of piperazine rings is 1. The number of H-pyrrole nitrogens is 1. The summed E-state index contributed by atoms with van der Waals surface area (Å²) in [5.41, 5.74) is 1.48. The monoisotopic (exact) mass is 401 g/mol. The van der Waals surface area contributed by atoms with E-state index < -0.39 is 5.60 Å². The molecule has 8 heteroatoms. The Morgan fingerprint density at radius 2 is 2.21 bits per heavy atom. The number of hydrogen-bond acceptors (Lipinski definition) is 5. The summed E-state index contributed by atoms with van der Waals surface area (Å²) in [5, 5.41) is 4.48. The Morgan fingerprint density at radius 3 is 3.00 bits per heavy atom. The first-order valence-corrected chi connectivity index (χ1v) is 10.1. The Labute approximate surface area is 169 Å². The van der Waals surface area contributed by atoms with Crippen LogP contribution in [0.25, 0.3) is 10.9 Å². The molecule has 1 saturated heterocycles. The van der Waals surface area contributed by atoms with Crippen LogP contribution in [0.1, 0.15) is 26.3 Å². The van der Waals surface area contributed by atoms with Gasteiger partial charge in [0.05, 0.1) is 12.6 Å². The van der Waals surface area contributed by atoms with Crippen LogP contribution in [-0.2, 0) is 11.2 Å². The number of nitrogens with zero attached hydrogens (tertiary/aromatic N) is 3. The highest BCUT2D eigenvalue weighted by Crippen LogP contribution is 2.21. The van der Waals surface area contributed by atoms with Gasteiger partial charge in [0.1, 0.15) is 11.4 Å². The van der Waals surface area contributed by atoms with Gasteiger partial charge in [0, 0.05) is 43.3 Å². The van der Waals surface area contributed by atoms with E-state index in [-0.39, 0.29) is 18.0 Å². The summed E-state index contributed by atoms with van der Waals surface area (Å²) in [6.07, 6.45) is 2.49. The van der Waals surface area contributed by atoms with Gasteiger partial charge in [0.25, 0.3) is 0 Å². The molecule has 0 bridgehead atoms. The van der Waals surface area contributed by atoms with E-state index in [0.29, 0.717) is 19.6 Å². The van der Waals surface area contributed by atoms with Crippen LogP contribution < -0.4 is 5.32 Å². The number of nitrogens with one attached hydrogen (secondary N) is 2. The van der Waals surface area contributed by atoms with E-state index in [1.807, 2.05) is 33.0 Å². The van der Waals surface area contributed by atoms with Gasteiger partial charge in [-0.25, -0.2) is 9.18 Å². The minimum absolute atomic E-state index is 0.190. The molecule has 2 aliphatic rings. The number of benzene rings is 1. The zero-order chi connectivity index (χ0) is 20.6. The third-order valence-electron chi connectivity index (χ3n) is 5.27. The first-order chi connectivity index (χ1) is 13.8. The predicted molar refractivity (Wildman–Crippen MR) is 111 cm³/mol. The van der Waals surface area contributed by atoms with Gasteiger partial charge in [-0.3, -0.25) is 4.99 Å². The molecule has 4 rings (SSSR count). The minimum atomic E-state index is -0.485. The van der Waals surface area contributed by atoms with Gasteiger partial charge in [-0.1, -0.05) is 0 Å². The van der Waals surface area contributed by atoms with E-state index in [1.54, 1.807) is 4.90 Å². The largest absolute Gasteiger partial charge is 0.444 e. The van der Waals surface area contributed by atoms with Crippen molar-refractivity contribution in [3.63, 3.8) is 0 Å². The van der Waals surface area contributed by atoms with Crippen LogP contribution in [0.3, 0.4) is 0 Å². The number of halogens is 1. The maximum atomic E-state index is 13.3. The fourth-order valence-electron chi connectivity index (χ4n) is 3.90. The standard InChI is InChI=1S/C21H28FN5O2/c1-21(2,3)29-20(28)26-8-9-27-16(13-26)12-25-19(27)23-7-6-14-11-24-18-10-15(22)4-5-17(14)18/h4-5,10-11,16,24H,6-9,12-13H2,1-3H3,(H,23,25). The summed E-state index contributed by atoms with van der Waals surface area (Å²) < 4.78 is 18.8. The summed E-state index contributed by atoms with van der Waals surface area (Å²) >= 11 is 0. The number of carbonyl (C=O) groups excluding carboxylic acids is 1. The molecule has 0 saturated carbocycles. The zero-order valence-corrected chi connectivity index (χ0v) is 17.2. The molecular weight excluding hydrogens is 373 g/mol. The van der Waals surface area contributed by atoms with Crippen LogP contribution in [-0.4, -0.2) is 71.2 Å². The Bertz CT molecular complexity index is 933. The second kappa shape index (κ2) is 7.57. The maximum absolute atomic E-state index is 13.3. The first kappa shape index (κ1) is 19.5. The van der Waals surface area contributed by atoms with Crippen LogP contribution in [0.15, 0.2) is 29.4 Å². The lowest BCUT2D eigenvalue weighted by Crippen LogP contribution is -2.57. The molecule has 2 aliphatic heterocycles. The lowest BCUT2D eigenvalue weighted by molar-refractivity contribution is 0.0137. The molecule has 2 aromatic rings. The molecule has 1 fully saturated rings. The predicted octanol–water partition coefficient (Wildman–Crippen LogP) is 2.73. The Kier molecular flexibility index (Phi) is 5.10. The molecular formula is C21H28FN5O2. The Hall–Kier alpha value is -2.77. The highest BCUT2D eigenvalue weighted by atomic mass is 19.1. The summed E-state index contributed by atoms with van der Waals surface area (Å²) in [6, 6.07) is 5.01. The molecule has 29 heavy (non-hydrogen) atoms. The lowest BCUT2D eigenvalue weighted by Gasteiger charge is -2.39. The van der Waals surface area contributed by atoms with E-state index in [2.05, 4.69) is 20.2 Å². The van der Waals surface area contributed by atoms with Crippen molar-refractivity contribution in [2.24, 2.45) is 4.99 Å². The van der Waals surface area contributed by atoms with Gasteiger partial charge in [-0.2, -0.15) is 0 Å². The maximum Gasteiger partial charge on any atom is 0.410 e.